The summed E-state index contributed by atoms with van der Waals surface area (Å²) in [6.07, 6.45) is 5.80. The van der Waals surface area contributed by atoms with Crippen molar-refractivity contribution in [2.75, 3.05) is 0 Å². The summed E-state index contributed by atoms with van der Waals surface area (Å²) in [5.41, 5.74) is 0.440. The van der Waals surface area contributed by atoms with E-state index in [2.05, 4.69) is 13.8 Å². The van der Waals surface area contributed by atoms with Crippen LogP contribution in [0.15, 0.2) is 0 Å². The smallest absolute Gasteiger partial charge is 0.136 e. The van der Waals surface area contributed by atoms with E-state index in [4.69, 9.17) is 0 Å². The van der Waals surface area contributed by atoms with Gasteiger partial charge in [-0.15, -0.1) is 0 Å². The maximum atomic E-state index is 11.6. The minimum atomic E-state index is 0.440. The quantitative estimate of drug-likeness (QED) is 0.585. The monoisotopic (exact) mass is 166 g/mol. The number of hydrogen-bond donors (Lipinski definition) is 0. The van der Waals surface area contributed by atoms with E-state index in [9.17, 15) is 4.79 Å². The second kappa shape index (κ2) is 2.58. The Morgan fingerprint density at radius 2 is 2.17 bits per heavy atom. The summed E-state index contributed by atoms with van der Waals surface area (Å²) in [4.78, 5) is 11.6. The molecule has 2 unspecified atom stereocenters. The molecule has 68 valence electrons. The van der Waals surface area contributed by atoms with Crippen LogP contribution >= 0.6 is 0 Å². The summed E-state index contributed by atoms with van der Waals surface area (Å²) in [5, 5.41) is 0. The Bertz CT molecular complexity index is 207. The highest BCUT2D eigenvalue weighted by Crippen LogP contribution is 2.58. The normalized spacial score (nSPS) is 40.9. The van der Waals surface area contributed by atoms with Gasteiger partial charge in [-0.1, -0.05) is 13.8 Å². The summed E-state index contributed by atoms with van der Waals surface area (Å²) >= 11 is 0. The first kappa shape index (κ1) is 8.28. The van der Waals surface area contributed by atoms with Crippen LogP contribution in [0.1, 0.15) is 46.0 Å². The maximum absolute atomic E-state index is 11.6. The van der Waals surface area contributed by atoms with Crippen LogP contribution in [0.4, 0.5) is 0 Å². The zero-order valence-electron chi connectivity index (χ0n) is 8.10. The van der Waals surface area contributed by atoms with E-state index in [0.29, 0.717) is 23.0 Å². The molecule has 0 amide bonds. The lowest BCUT2D eigenvalue weighted by molar-refractivity contribution is -0.144. The van der Waals surface area contributed by atoms with Crippen LogP contribution in [-0.2, 0) is 4.79 Å². The third-order valence-corrected chi connectivity index (χ3v) is 4.20. The molecular weight excluding hydrogens is 148 g/mol. The van der Waals surface area contributed by atoms with E-state index in [1.54, 1.807) is 0 Å². The van der Waals surface area contributed by atoms with E-state index in [1.807, 2.05) is 0 Å². The van der Waals surface area contributed by atoms with Crippen LogP contribution in [0.3, 0.4) is 0 Å². The van der Waals surface area contributed by atoms with Gasteiger partial charge >= 0.3 is 0 Å². The van der Waals surface area contributed by atoms with Crippen molar-refractivity contribution in [2.45, 2.75) is 46.0 Å². The summed E-state index contributed by atoms with van der Waals surface area (Å²) in [6.45, 7) is 4.57. The number of ketones is 1. The zero-order chi connectivity index (χ0) is 8.77. The van der Waals surface area contributed by atoms with Crippen LogP contribution in [0, 0.1) is 17.3 Å². The van der Waals surface area contributed by atoms with Gasteiger partial charge in [0.05, 0.1) is 0 Å². The Morgan fingerprint density at radius 1 is 1.42 bits per heavy atom. The van der Waals surface area contributed by atoms with Crippen molar-refractivity contribution in [3.8, 4) is 0 Å². The Morgan fingerprint density at radius 3 is 2.58 bits per heavy atom. The fraction of sp³-hybridized carbons (Fsp3) is 0.909. The van der Waals surface area contributed by atoms with Crippen LogP contribution in [0.5, 0.6) is 0 Å². The molecule has 2 aliphatic rings. The minimum absolute atomic E-state index is 0.440. The maximum Gasteiger partial charge on any atom is 0.136 e. The highest BCUT2D eigenvalue weighted by atomic mass is 16.1. The van der Waals surface area contributed by atoms with E-state index in [0.717, 1.165) is 12.8 Å². The highest BCUT2D eigenvalue weighted by molar-refractivity contribution is 5.83. The summed E-state index contributed by atoms with van der Waals surface area (Å²) in [5.74, 6) is 1.72. The first-order valence-corrected chi connectivity index (χ1v) is 5.19. The molecule has 2 saturated carbocycles. The van der Waals surface area contributed by atoms with Crippen molar-refractivity contribution >= 4 is 5.78 Å². The van der Waals surface area contributed by atoms with Gasteiger partial charge in [0, 0.05) is 12.3 Å². The number of fused-ring (bicyclic) bond motifs is 1. The fourth-order valence-electron chi connectivity index (χ4n) is 3.19. The van der Waals surface area contributed by atoms with E-state index >= 15 is 0 Å². The standard InChI is InChI=1S/C11H18O/c1-8(2)11-6-3-4-10(12)9(11)5-7-11/h8-9H,3-7H2,1-2H3. The molecule has 0 aromatic rings. The van der Waals surface area contributed by atoms with Gasteiger partial charge in [-0.3, -0.25) is 4.79 Å². The Balaban J connectivity index is 2.19. The largest absolute Gasteiger partial charge is 0.299 e. The fourth-order valence-corrected chi connectivity index (χ4v) is 3.19. The van der Waals surface area contributed by atoms with Crippen molar-refractivity contribution in [2.24, 2.45) is 17.3 Å². The van der Waals surface area contributed by atoms with Gasteiger partial charge in [0.15, 0.2) is 0 Å². The van der Waals surface area contributed by atoms with Gasteiger partial charge in [-0.25, -0.2) is 0 Å². The SMILES string of the molecule is CC(C)C12CCCC(=O)C1CC2. The molecule has 2 rings (SSSR count). The third kappa shape index (κ3) is 0.884. The number of carbonyl (C=O) groups excluding carboxylic acids is 1. The summed E-state index contributed by atoms with van der Waals surface area (Å²) in [6, 6.07) is 0. The Kier molecular flexibility index (Phi) is 1.78. The van der Waals surface area contributed by atoms with Gasteiger partial charge in [0.2, 0.25) is 0 Å². The van der Waals surface area contributed by atoms with Crippen LogP contribution in [-0.4, -0.2) is 5.78 Å². The van der Waals surface area contributed by atoms with Gasteiger partial charge < -0.3 is 0 Å². The lowest BCUT2D eigenvalue weighted by Gasteiger charge is -2.54. The molecule has 12 heavy (non-hydrogen) atoms. The third-order valence-electron chi connectivity index (χ3n) is 4.20. The minimum Gasteiger partial charge on any atom is -0.299 e. The van der Waals surface area contributed by atoms with Crippen molar-refractivity contribution in [3.63, 3.8) is 0 Å². The van der Waals surface area contributed by atoms with Crippen molar-refractivity contribution < 1.29 is 4.79 Å². The number of Topliss-reactive ketones (excluding diaryl/α,β-unsaturated/α-hetero) is 1. The van der Waals surface area contributed by atoms with Crippen molar-refractivity contribution in [1.29, 1.82) is 0 Å². The molecular formula is C11H18O. The number of rotatable bonds is 1. The molecule has 1 heteroatoms. The molecule has 0 heterocycles. The zero-order valence-corrected chi connectivity index (χ0v) is 8.10. The molecule has 2 atom stereocenters. The molecule has 0 radical (unpaired) electrons. The summed E-state index contributed by atoms with van der Waals surface area (Å²) in [7, 11) is 0. The van der Waals surface area contributed by atoms with Crippen molar-refractivity contribution in [3.05, 3.63) is 0 Å². The molecule has 0 aromatic heterocycles. The van der Waals surface area contributed by atoms with Gasteiger partial charge in [0.1, 0.15) is 5.78 Å². The van der Waals surface area contributed by atoms with Gasteiger partial charge in [-0.05, 0) is 37.0 Å². The van der Waals surface area contributed by atoms with E-state index in [1.165, 1.54) is 19.3 Å². The van der Waals surface area contributed by atoms with E-state index in [-0.39, 0.29) is 0 Å². The Hall–Kier alpha value is -0.330. The van der Waals surface area contributed by atoms with E-state index < -0.39 is 0 Å². The second-order valence-corrected chi connectivity index (χ2v) is 4.80. The lowest BCUT2D eigenvalue weighted by Crippen LogP contribution is -2.50. The average molecular weight is 166 g/mol. The van der Waals surface area contributed by atoms with Gasteiger partial charge in [-0.2, -0.15) is 0 Å². The molecule has 2 fully saturated rings. The highest BCUT2D eigenvalue weighted by Gasteiger charge is 2.53. The molecule has 2 aliphatic carbocycles. The topological polar surface area (TPSA) is 17.1 Å². The first-order chi connectivity index (χ1) is 5.67. The van der Waals surface area contributed by atoms with Gasteiger partial charge in [0.25, 0.3) is 0 Å². The van der Waals surface area contributed by atoms with Crippen molar-refractivity contribution in [1.82, 2.24) is 0 Å². The number of carbonyl (C=O) groups is 1. The molecule has 0 N–H and O–H groups in total. The predicted octanol–water partition coefficient (Wildman–Crippen LogP) is 2.79. The molecule has 0 bridgehead atoms. The lowest BCUT2D eigenvalue weighted by atomic mass is 9.49. The van der Waals surface area contributed by atoms with Crippen LogP contribution in [0.25, 0.3) is 0 Å². The first-order valence-electron chi connectivity index (χ1n) is 5.19. The molecule has 0 spiro atoms. The average Bonchev–Trinajstić information content (AvgIpc) is 1.92. The second-order valence-electron chi connectivity index (χ2n) is 4.80. The molecule has 1 nitrogen and oxygen atoms in total. The molecule has 0 aliphatic heterocycles. The predicted molar refractivity (Wildman–Crippen MR) is 48.9 cm³/mol. The van der Waals surface area contributed by atoms with Crippen LogP contribution in [0.2, 0.25) is 0 Å². The number of hydrogen-bond acceptors (Lipinski definition) is 1. The van der Waals surface area contributed by atoms with Crippen LogP contribution < -0.4 is 0 Å². The molecule has 0 aromatic carbocycles. The Labute approximate surface area is 74.5 Å². The summed E-state index contributed by atoms with van der Waals surface area (Å²) < 4.78 is 0. The molecule has 0 saturated heterocycles.